The molecule has 32 heavy (non-hydrogen) atoms. The summed E-state index contributed by atoms with van der Waals surface area (Å²) in [5, 5.41) is 10.1. The maximum absolute atomic E-state index is 12.7. The summed E-state index contributed by atoms with van der Waals surface area (Å²) in [6.07, 6.45) is 4.84. The van der Waals surface area contributed by atoms with E-state index in [9.17, 15) is 9.59 Å². The van der Waals surface area contributed by atoms with E-state index in [-0.39, 0.29) is 12.0 Å². The van der Waals surface area contributed by atoms with Gasteiger partial charge in [-0.3, -0.25) is 9.78 Å². The van der Waals surface area contributed by atoms with Crippen LogP contribution in [0.2, 0.25) is 0 Å². The average molecular weight is 435 g/mol. The fraction of sp³-hybridized carbons (Fsp3) is 0.320. The van der Waals surface area contributed by atoms with Crippen molar-refractivity contribution in [3.63, 3.8) is 0 Å². The van der Waals surface area contributed by atoms with E-state index < -0.39 is 0 Å². The molecule has 0 saturated heterocycles. The molecule has 0 aliphatic heterocycles. The zero-order valence-electron chi connectivity index (χ0n) is 18.4. The molecule has 0 saturated carbocycles. The Morgan fingerprint density at radius 1 is 0.938 bits per heavy atom. The lowest BCUT2D eigenvalue weighted by Crippen LogP contribution is -2.26. The molecule has 0 radical (unpaired) electrons. The van der Waals surface area contributed by atoms with Crippen molar-refractivity contribution in [2.45, 2.75) is 32.6 Å². The second kappa shape index (κ2) is 12.3. The molecule has 3 N–H and O–H groups in total. The van der Waals surface area contributed by atoms with Crippen LogP contribution in [0.3, 0.4) is 0 Å². The van der Waals surface area contributed by atoms with E-state index in [2.05, 4.69) is 27.9 Å². The second-order valence-electron chi connectivity index (χ2n) is 7.43. The van der Waals surface area contributed by atoms with Crippen LogP contribution >= 0.6 is 0 Å². The molecule has 0 bridgehead atoms. The van der Waals surface area contributed by atoms with Crippen LogP contribution in [0.4, 0.5) is 16.2 Å². The number of hydrogen-bond acceptors (Lipinski definition) is 5. The minimum Gasteiger partial charge on any atom is -0.450 e. The Kier molecular flexibility index (Phi) is 8.86. The van der Waals surface area contributed by atoms with Crippen molar-refractivity contribution in [2.24, 2.45) is 0 Å². The lowest BCUT2D eigenvalue weighted by Gasteiger charge is -2.15. The Bertz CT molecular complexity index is 1020. The van der Waals surface area contributed by atoms with Crippen molar-refractivity contribution in [1.29, 1.82) is 0 Å². The summed E-state index contributed by atoms with van der Waals surface area (Å²) in [5.41, 5.74) is 2.91. The Labute approximate surface area is 188 Å². The summed E-state index contributed by atoms with van der Waals surface area (Å²) in [4.78, 5) is 28.7. The first-order valence-corrected chi connectivity index (χ1v) is 11.1. The number of alkyl carbamates (subject to hydrolysis) is 1. The van der Waals surface area contributed by atoms with E-state index in [1.165, 1.54) is 0 Å². The Balaban J connectivity index is 1.58. The summed E-state index contributed by atoms with van der Waals surface area (Å²) in [7, 11) is 0. The topological polar surface area (TPSA) is 92.4 Å². The Hall–Kier alpha value is -3.61. The van der Waals surface area contributed by atoms with Crippen LogP contribution < -0.4 is 16.0 Å². The highest BCUT2D eigenvalue weighted by Gasteiger charge is 2.12. The molecule has 0 aliphatic carbocycles. The molecule has 3 rings (SSSR count). The van der Waals surface area contributed by atoms with E-state index >= 15 is 0 Å². The van der Waals surface area contributed by atoms with Crippen LogP contribution in [0.5, 0.6) is 0 Å². The lowest BCUT2D eigenvalue weighted by atomic mass is 10.1. The van der Waals surface area contributed by atoms with Gasteiger partial charge in [-0.25, -0.2) is 4.79 Å². The number of nitrogens with one attached hydrogen (secondary N) is 3. The van der Waals surface area contributed by atoms with Crippen LogP contribution in [0.15, 0.2) is 60.8 Å². The van der Waals surface area contributed by atoms with Gasteiger partial charge in [-0.15, -0.1) is 0 Å². The first-order valence-electron chi connectivity index (χ1n) is 11.1. The lowest BCUT2D eigenvalue weighted by molar-refractivity contribution is 0.102. The quantitative estimate of drug-likeness (QED) is 0.361. The third kappa shape index (κ3) is 6.70. The molecule has 168 valence electrons. The zero-order chi connectivity index (χ0) is 22.6. The number of rotatable bonds is 11. The third-order valence-electron chi connectivity index (χ3n) is 4.97. The molecule has 0 spiro atoms. The maximum Gasteiger partial charge on any atom is 0.407 e. The van der Waals surface area contributed by atoms with Gasteiger partial charge in [0.1, 0.15) is 0 Å². The highest BCUT2D eigenvalue weighted by atomic mass is 16.5. The number of hydrogen-bond donors (Lipinski definition) is 3. The van der Waals surface area contributed by atoms with Gasteiger partial charge >= 0.3 is 6.09 Å². The molecule has 0 unspecified atom stereocenters. The number of benzene rings is 2. The maximum atomic E-state index is 12.7. The van der Waals surface area contributed by atoms with E-state index in [1.54, 1.807) is 18.3 Å². The third-order valence-corrected chi connectivity index (χ3v) is 4.97. The van der Waals surface area contributed by atoms with Gasteiger partial charge in [0.05, 0.1) is 29.7 Å². The minimum absolute atomic E-state index is 0.184. The molecule has 2 amide bonds. The van der Waals surface area contributed by atoms with E-state index in [0.29, 0.717) is 30.9 Å². The number of carbonyl (C=O) groups is 2. The highest BCUT2D eigenvalue weighted by Crippen LogP contribution is 2.30. The Morgan fingerprint density at radius 2 is 1.69 bits per heavy atom. The van der Waals surface area contributed by atoms with E-state index in [1.807, 2.05) is 42.5 Å². The van der Waals surface area contributed by atoms with Crippen molar-refractivity contribution in [3.05, 3.63) is 66.4 Å². The first kappa shape index (κ1) is 23.1. The number of nitrogens with zero attached hydrogens (tertiary/aromatic N) is 1. The number of amides is 2. The van der Waals surface area contributed by atoms with Crippen LogP contribution in [0.1, 0.15) is 43.0 Å². The summed E-state index contributed by atoms with van der Waals surface area (Å²) >= 11 is 0. The number of unbranched alkanes of at least 4 members (excludes halogenated alkanes) is 2. The Morgan fingerprint density at radius 3 is 2.50 bits per heavy atom. The SMILES string of the molecule is CCCCOC(=O)NCCCCNc1c(NC(=O)c2ccccc2)cnc2ccccc12. The zero-order valence-corrected chi connectivity index (χ0v) is 18.4. The van der Waals surface area contributed by atoms with Crippen molar-refractivity contribution in [2.75, 3.05) is 30.3 Å². The van der Waals surface area contributed by atoms with Gasteiger partial charge in [-0.1, -0.05) is 49.7 Å². The summed E-state index contributed by atoms with van der Waals surface area (Å²) in [5.74, 6) is -0.184. The first-order chi connectivity index (χ1) is 15.7. The van der Waals surface area contributed by atoms with Gasteiger partial charge in [0.15, 0.2) is 0 Å². The van der Waals surface area contributed by atoms with Crippen molar-refractivity contribution >= 4 is 34.3 Å². The van der Waals surface area contributed by atoms with Crippen LogP contribution in [0.25, 0.3) is 10.9 Å². The predicted octanol–water partition coefficient (Wildman–Crippen LogP) is 5.21. The molecular weight excluding hydrogens is 404 g/mol. The summed E-state index contributed by atoms with van der Waals surface area (Å²) in [6.45, 7) is 3.76. The number of para-hydroxylation sites is 1. The van der Waals surface area contributed by atoms with Gasteiger partial charge in [-0.2, -0.15) is 0 Å². The monoisotopic (exact) mass is 434 g/mol. The van der Waals surface area contributed by atoms with Gasteiger partial charge in [-0.05, 0) is 37.5 Å². The van der Waals surface area contributed by atoms with E-state index in [4.69, 9.17) is 4.74 Å². The summed E-state index contributed by atoms with van der Waals surface area (Å²) in [6, 6.07) is 16.9. The molecule has 7 nitrogen and oxygen atoms in total. The molecule has 2 aromatic carbocycles. The fourth-order valence-electron chi connectivity index (χ4n) is 3.22. The van der Waals surface area contributed by atoms with Gasteiger partial charge in [0.25, 0.3) is 5.91 Å². The minimum atomic E-state index is -0.363. The number of carbonyl (C=O) groups excluding carboxylic acids is 2. The molecule has 1 heterocycles. The second-order valence-corrected chi connectivity index (χ2v) is 7.43. The number of fused-ring (bicyclic) bond motifs is 1. The van der Waals surface area contributed by atoms with Crippen molar-refractivity contribution < 1.29 is 14.3 Å². The fourth-order valence-corrected chi connectivity index (χ4v) is 3.22. The smallest absolute Gasteiger partial charge is 0.407 e. The predicted molar refractivity (Wildman–Crippen MR) is 128 cm³/mol. The number of anilines is 2. The molecule has 3 aromatic rings. The molecule has 0 fully saturated rings. The molecule has 0 atom stereocenters. The van der Waals surface area contributed by atoms with Crippen molar-refractivity contribution in [3.8, 4) is 0 Å². The van der Waals surface area contributed by atoms with Crippen LogP contribution in [0, 0.1) is 0 Å². The molecule has 1 aromatic heterocycles. The van der Waals surface area contributed by atoms with Gasteiger partial charge < -0.3 is 20.7 Å². The number of ether oxygens (including phenoxy) is 1. The normalized spacial score (nSPS) is 10.5. The van der Waals surface area contributed by atoms with Gasteiger partial charge in [0.2, 0.25) is 0 Å². The standard InChI is InChI=1S/C25H30N4O3/c1-2-3-17-32-25(31)27-16-10-9-15-26-23-20-13-7-8-14-21(20)28-18-22(23)29-24(30)19-11-5-4-6-12-19/h4-8,11-14,18H,2-3,9-10,15-17H2,1H3,(H,26,28)(H,27,31)(H,29,30). The average Bonchev–Trinajstić information content (AvgIpc) is 2.82. The molecular formula is C25H30N4O3. The molecule has 0 aliphatic rings. The van der Waals surface area contributed by atoms with Gasteiger partial charge in [0, 0.05) is 24.0 Å². The summed E-state index contributed by atoms with van der Waals surface area (Å²) < 4.78 is 5.08. The number of pyridine rings is 1. The van der Waals surface area contributed by atoms with E-state index in [0.717, 1.165) is 42.3 Å². The van der Waals surface area contributed by atoms with Crippen LogP contribution in [-0.4, -0.2) is 36.7 Å². The molecule has 7 heteroatoms. The highest BCUT2D eigenvalue weighted by molar-refractivity contribution is 6.09. The number of aromatic nitrogens is 1. The largest absolute Gasteiger partial charge is 0.450 e. The van der Waals surface area contributed by atoms with Crippen molar-refractivity contribution in [1.82, 2.24) is 10.3 Å². The van der Waals surface area contributed by atoms with Crippen LogP contribution in [-0.2, 0) is 4.74 Å².